The van der Waals surface area contributed by atoms with Crippen LogP contribution in [0.15, 0.2) is 53.2 Å². The molecule has 8 nitrogen and oxygen atoms in total. The molecule has 0 atom stereocenters. The van der Waals surface area contributed by atoms with Gasteiger partial charge in [0.05, 0.1) is 32.6 Å². The molecule has 8 heteroatoms. The van der Waals surface area contributed by atoms with Crippen molar-refractivity contribution in [1.29, 1.82) is 0 Å². The Bertz CT molecular complexity index is 1050. The van der Waals surface area contributed by atoms with Crippen molar-refractivity contribution in [2.45, 2.75) is 13.5 Å². The third kappa shape index (κ3) is 4.92. The molecule has 0 unspecified atom stereocenters. The Labute approximate surface area is 167 Å². The molecule has 150 valence electrons. The van der Waals surface area contributed by atoms with Gasteiger partial charge in [-0.3, -0.25) is 14.3 Å². The Morgan fingerprint density at radius 3 is 2.72 bits per heavy atom. The van der Waals surface area contributed by atoms with Gasteiger partial charge in [0.2, 0.25) is 5.91 Å². The Kier molecular flexibility index (Phi) is 6.13. The summed E-state index contributed by atoms with van der Waals surface area (Å²) in [5, 5.41) is 6.93. The Morgan fingerprint density at radius 2 is 2.03 bits per heavy atom. The zero-order chi connectivity index (χ0) is 20.8. The fraction of sp³-hybridized carbons (Fsp3) is 0.190. The maximum absolute atomic E-state index is 12.2. The van der Waals surface area contributed by atoms with E-state index in [1.54, 1.807) is 49.4 Å². The summed E-state index contributed by atoms with van der Waals surface area (Å²) in [7, 11) is 3.10. The van der Waals surface area contributed by atoms with Gasteiger partial charge in [-0.15, -0.1) is 0 Å². The molecule has 0 bridgehead atoms. The zero-order valence-electron chi connectivity index (χ0n) is 16.3. The number of aromatic nitrogens is 2. The largest absolute Gasteiger partial charge is 0.493 e. The van der Waals surface area contributed by atoms with Crippen molar-refractivity contribution < 1.29 is 23.5 Å². The summed E-state index contributed by atoms with van der Waals surface area (Å²) >= 11 is 0. The number of benzene rings is 1. The van der Waals surface area contributed by atoms with Crippen LogP contribution in [-0.4, -0.2) is 35.7 Å². The van der Waals surface area contributed by atoms with Crippen LogP contribution in [0, 0.1) is 0 Å². The third-order valence-electron chi connectivity index (χ3n) is 4.07. The van der Waals surface area contributed by atoms with Gasteiger partial charge >= 0.3 is 0 Å². The average Bonchev–Trinajstić information content (AvgIpc) is 3.35. The summed E-state index contributed by atoms with van der Waals surface area (Å²) in [5.41, 5.74) is 1.26. The molecule has 1 N–H and O–H groups in total. The zero-order valence-corrected chi connectivity index (χ0v) is 16.3. The number of amides is 1. The summed E-state index contributed by atoms with van der Waals surface area (Å²) in [6, 6.07) is 8.77. The van der Waals surface area contributed by atoms with E-state index >= 15 is 0 Å². The van der Waals surface area contributed by atoms with Gasteiger partial charge in [-0.05, 0) is 24.3 Å². The van der Waals surface area contributed by atoms with E-state index in [0.29, 0.717) is 35.3 Å². The van der Waals surface area contributed by atoms with Crippen molar-refractivity contribution in [2.24, 2.45) is 0 Å². The Hall–Kier alpha value is -3.81. The normalized spacial score (nSPS) is 10.9. The number of ketones is 1. The lowest BCUT2D eigenvalue weighted by Gasteiger charge is -2.09. The van der Waals surface area contributed by atoms with Crippen LogP contribution >= 0.6 is 0 Å². The highest BCUT2D eigenvalue weighted by atomic mass is 16.5. The minimum absolute atomic E-state index is 0.135. The smallest absolute Gasteiger partial charge is 0.248 e. The molecule has 0 aliphatic heterocycles. The molecule has 0 saturated heterocycles. The highest BCUT2D eigenvalue weighted by Gasteiger charge is 2.09. The highest BCUT2D eigenvalue weighted by Crippen LogP contribution is 2.31. The number of para-hydroxylation sites is 1. The molecule has 0 fully saturated rings. The fourth-order valence-corrected chi connectivity index (χ4v) is 2.72. The molecule has 0 saturated carbocycles. The lowest BCUT2D eigenvalue weighted by atomic mass is 10.1. The van der Waals surface area contributed by atoms with E-state index in [9.17, 15) is 9.59 Å². The number of carbonyl (C=O) groups excluding carboxylic acids is 2. The Morgan fingerprint density at radius 1 is 1.21 bits per heavy atom. The van der Waals surface area contributed by atoms with E-state index in [1.807, 2.05) is 12.1 Å². The molecule has 0 aliphatic rings. The first-order chi connectivity index (χ1) is 14.0. The number of hydrogen-bond acceptors (Lipinski definition) is 6. The van der Waals surface area contributed by atoms with Crippen molar-refractivity contribution in [1.82, 2.24) is 9.78 Å². The van der Waals surface area contributed by atoms with Gasteiger partial charge in [-0.1, -0.05) is 12.1 Å². The van der Waals surface area contributed by atoms with E-state index in [4.69, 9.17) is 13.9 Å². The molecule has 29 heavy (non-hydrogen) atoms. The monoisotopic (exact) mass is 395 g/mol. The summed E-state index contributed by atoms with van der Waals surface area (Å²) in [5.74, 6) is 1.59. The van der Waals surface area contributed by atoms with Crippen LogP contribution in [0.2, 0.25) is 0 Å². The molecule has 2 aromatic heterocycles. The molecule has 1 aromatic carbocycles. The predicted molar refractivity (Wildman–Crippen MR) is 107 cm³/mol. The standard InChI is InChI=1S/C21H21N3O5/c1-14(25)18-9-8-17(29-18)13-24-12-16(11-22-24)23-20(26)10-7-15-5-4-6-19(27-2)21(15)28-3/h4-12H,13H2,1-3H3,(H,23,26). The average molecular weight is 395 g/mol. The molecular weight excluding hydrogens is 374 g/mol. The topological polar surface area (TPSA) is 95.6 Å². The third-order valence-corrected chi connectivity index (χ3v) is 4.07. The van der Waals surface area contributed by atoms with E-state index in [-0.39, 0.29) is 11.7 Å². The quantitative estimate of drug-likeness (QED) is 0.464. The van der Waals surface area contributed by atoms with Crippen LogP contribution in [-0.2, 0) is 11.3 Å². The van der Waals surface area contributed by atoms with Gasteiger partial charge in [0, 0.05) is 24.8 Å². The summed E-state index contributed by atoms with van der Waals surface area (Å²) < 4.78 is 17.6. The van der Waals surface area contributed by atoms with E-state index in [2.05, 4.69) is 10.4 Å². The van der Waals surface area contributed by atoms with Gasteiger partial charge < -0.3 is 19.2 Å². The summed E-state index contributed by atoms with van der Waals surface area (Å²) in [4.78, 5) is 23.5. The van der Waals surface area contributed by atoms with Crippen LogP contribution in [0.25, 0.3) is 6.08 Å². The van der Waals surface area contributed by atoms with E-state index in [0.717, 1.165) is 5.56 Å². The lowest BCUT2D eigenvalue weighted by Crippen LogP contribution is -2.07. The molecule has 0 spiro atoms. The van der Waals surface area contributed by atoms with Crippen molar-refractivity contribution in [3.63, 3.8) is 0 Å². The molecule has 2 heterocycles. The van der Waals surface area contributed by atoms with Gasteiger partial charge in [-0.2, -0.15) is 5.10 Å². The Balaban J connectivity index is 1.63. The maximum Gasteiger partial charge on any atom is 0.248 e. The number of rotatable bonds is 8. The van der Waals surface area contributed by atoms with Crippen LogP contribution in [0.5, 0.6) is 11.5 Å². The second-order valence-electron chi connectivity index (χ2n) is 6.15. The lowest BCUT2D eigenvalue weighted by molar-refractivity contribution is -0.111. The second kappa shape index (κ2) is 8.92. The molecule has 3 aromatic rings. The number of methoxy groups -OCH3 is 2. The van der Waals surface area contributed by atoms with Crippen LogP contribution < -0.4 is 14.8 Å². The summed E-state index contributed by atoms with van der Waals surface area (Å²) in [6.07, 6.45) is 6.26. The van der Waals surface area contributed by atoms with Crippen molar-refractivity contribution in [3.8, 4) is 11.5 Å². The van der Waals surface area contributed by atoms with Crippen LogP contribution in [0.4, 0.5) is 5.69 Å². The van der Waals surface area contributed by atoms with Crippen LogP contribution in [0.1, 0.15) is 28.8 Å². The minimum Gasteiger partial charge on any atom is -0.493 e. The van der Waals surface area contributed by atoms with Crippen molar-refractivity contribution >= 4 is 23.5 Å². The number of Topliss-reactive ketones (excluding diaryl/α,β-unsaturated/α-hetero) is 1. The second-order valence-corrected chi connectivity index (χ2v) is 6.15. The predicted octanol–water partition coefficient (Wildman–Crippen LogP) is 3.40. The van der Waals surface area contributed by atoms with Crippen molar-refractivity contribution in [3.05, 3.63) is 65.9 Å². The van der Waals surface area contributed by atoms with Gasteiger partial charge in [0.25, 0.3) is 0 Å². The van der Waals surface area contributed by atoms with Gasteiger partial charge in [-0.25, -0.2) is 0 Å². The number of nitrogens with zero attached hydrogens (tertiary/aromatic N) is 2. The molecule has 0 aliphatic carbocycles. The minimum atomic E-state index is -0.314. The number of nitrogens with one attached hydrogen (secondary N) is 1. The van der Waals surface area contributed by atoms with Crippen molar-refractivity contribution in [2.75, 3.05) is 19.5 Å². The first-order valence-corrected chi connectivity index (χ1v) is 8.82. The SMILES string of the molecule is COc1cccc(C=CC(=O)Nc2cnn(Cc3ccc(C(C)=O)o3)c2)c1OC. The number of furan rings is 1. The number of anilines is 1. The van der Waals surface area contributed by atoms with Gasteiger partial charge in [0.15, 0.2) is 23.0 Å². The molecular formula is C21H21N3O5. The highest BCUT2D eigenvalue weighted by molar-refractivity contribution is 6.02. The van der Waals surface area contributed by atoms with E-state index < -0.39 is 0 Å². The maximum atomic E-state index is 12.2. The molecule has 0 radical (unpaired) electrons. The first-order valence-electron chi connectivity index (χ1n) is 8.82. The van der Waals surface area contributed by atoms with Crippen LogP contribution in [0.3, 0.4) is 0 Å². The summed E-state index contributed by atoms with van der Waals surface area (Å²) in [6.45, 7) is 1.79. The van der Waals surface area contributed by atoms with Gasteiger partial charge in [0.1, 0.15) is 5.76 Å². The molecule has 3 rings (SSSR count). The number of carbonyl (C=O) groups is 2. The first kappa shape index (κ1) is 19.9. The van der Waals surface area contributed by atoms with E-state index in [1.165, 1.54) is 19.2 Å². The fourth-order valence-electron chi connectivity index (χ4n) is 2.72. The number of ether oxygens (including phenoxy) is 2. The number of hydrogen-bond donors (Lipinski definition) is 1. The molecule has 1 amide bonds.